The molecule has 2 aromatic carbocycles. The van der Waals surface area contributed by atoms with Crippen molar-refractivity contribution >= 4 is 16.8 Å². The van der Waals surface area contributed by atoms with Gasteiger partial charge >= 0.3 is 0 Å². The molecule has 39 heavy (non-hydrogen) atoms. The maximum absolute atomic E-state index is 13.4. The summed E-state index contributed by atoms with van der Waals surface area (Å²) in [5.41, 5.74) is 2.55. The molecule has 1 saturated heterocycles. The molecule has 0 bridgehead atoms. The zero-order chi connectivity index (χ0) is 28.0. The van der Waals surface area contributed by atoms with E-state index in [0.717, 1.165) is 18.2 Å². The predicted octanol–water partition coefficient (Wildman–Crippen LogP) is 3.49. The minimum absolute atomic E-state index is 0.107. The third-order valence-electron chi connectivity index (χ3n) is 7.51. The summed E-state index contributed by atoms with van der Waals surface area (Å²) in [5.74, 6) is -1.24. The molecule has 0 saturated carbocycles. The Kier molecular flexibility index (Phi) is 9.28. The van der Waals surface area contributed by atoms with Gasteiger partial charge < -0.3 is 19.7 Å². The van der Waals surface area contributed by atoms with Gasteiger partial charge in [-0.1, -0.05) is 0 Å². The van der Waals surface area contributed by atoms with Gasteiger partial charge in [-0.05, 0) is 62.5 Å². The molecular formula is C28H33F2N3O6. The van der Waals surface area contributed by atoms with Crippen LogP contribution in [0.3, 0.4) is 0 Å². The first-order chi connectivity index (χ1) is 18.8. The zero-order valence-electron chi connectivity index (χ0n) is 21.7. The second-order valence-corrected chi connectivity index (χ2v) is 9.81. The number of methoxy groups -OCH3 is 1. The molecule has 4 N–H and O–H groups in total. The summed E-state index contributed by atoms with van der Waals surface area (Å²) in [4.78, 5) is 19.2. The highest BCUT2D eigenvalue weighted by atomic mass is 19.1. The summed E-state index contributed by atoms with van der Waals surface area (Å²) in [5, 5.41) is 31.3. The number of carbonyl (C=O) groups is 1. The van der Waals surface area contributed by atoms with Crippen molar-refractivity contribution in [3.05, 3.63) is 65.4 Å². The lowest BCUT2D eigenvalue weighted by Crippen LogP contribution is -2.49. The number of piperidine rings is 1. The second-order valence-electron chi connectivity index (χ2n) is 9.81. The number of aliphatic hydroxyl groups is 2. The highest BCUT2D eigenvalue weighted by Gasteiger charge is 2.41. The van der Waals surface area contributed by atoms with E-state index in [-0.39, 0.29) is 25.4 Å². The van der Waals surface area contributed by atoms with Gasteiger partial charge in [-0.2, -0.15) is 0 Å². The lowest BCUT2D eigenvalue weighted by atomic mass is 9.73. The van der Waals surface area contributed by atoms with Crippen LogP contribution in [0.15, 0.2) is 42.6 Å². The molecule has 0 unspecified atom stereocenters. The van der Waals surface area contributed by atoms with E-state index in [4.69, 9.17) is 9.47 Å². The molecule has 0 radical (unpaired) electrons. The van der Waals surface area contributed by atoms with Gasteiger partial charge in [0, 0.05) is 41.9 Å². The van der Waals surface area contributed by atoms with Gasteiger partial charge in [0.1, 0.15) is 29.7 Å². The quantitative estimate of drug-likeness (QED) is 0.213. The van der Waals surface area contributed by atoms with Crippen LogP contribution < -0.4 is 15.0 Å². The number of aromatic nitrogens is 1. The van der Waals surface area contributed by atoms with E-state index in [1.165, 1.54) is 13.3 Å². The number of nitrogens with zero attached hydrogens (tertiary/aromatic N) is 2. The smallest absolute Gasteiger partial charge is 0.249 e. The van der Waals surface area contributed by atoms with Gasteiger partial charge in [0.25, 0.3) is 0 Å². The van der Waals surface area contributed by atoms with Crippen LogP contribution in [0, 0.1) is 17.0 Å². The fourth-order valence-corrected chi connectivity index (χ4v) is 5.26. The highest BCUT2D eigenvalue weighted by molar-refractivity contribution is 5.85. The van der Waals surface area contributed by atoms with E-state index in [2.05, 4.69) is 9.88 Å². The topological polar surface area (TPSA) is 124 Å². The van der Waals surface area contributed by atoms with Crippen LogP contribution in [0.4, 0.5) is 8.78 Å². The Bertz CT molecular complexity index is 1270. The van der Waals surface area contributed by atoms with E-state index < -0.39 is 29.1 Å². The Morgan fingerprint density at radius 2 is 1.87 bits per heavy atom. The SMILES string of the molecule is COc1ccc2ncc(CO)c([C@H](O)CCC3(C(=O)NO)CCN(CCOc4cc(F)cc(F)c4)CC3)c2c1. The van der Waals surface area contributed by atoms with Gasteiger partial charge in [-0.25, -0.2) is 14.3 Å². The summed E-state index contributed by atoms with van der Waals surface area (Å²) in [6, 6.07) is 8.31. The van der Waals surface area contributed by atoms with Gasteiger partial charge in [-0.3, -0.25) is 19.9 Å². The molecule has 1 aliphatic heterocycles. The summed E-state index contributed by atoms with van der Waals surface area (Å²) >= 11 is 0. The number of hydrogen-bond donors (Lipinski definition) is 4. The van der Waals surface area contributed by atoms with Crippen molar-refractivity contribution in [2.75, 3.05) is 33.4 Å². The average Bonchev–Trinajstić information content (AvgIpc) is 2.94. The molecule has 1 amide bonds. The van der Waals surface area contributed by atoms with Gasteiger partial charge in [-0.15, -0.1) is 0 Å². The number of hydroxylamine groups is 1. The van der Waals surface area contributed by atoms with E-state index in [1.807, 2.05) is 0 Å². The lowest BCUT2D eigenvalue weighted by molar-refractivity contribution is -0.144. The summed E-state index contributed by atoms with van der Waals surface area (Å²) in [6.07, 6.45) is 1.90. The zero-order valence-corrected chi connectivity index (χ0v) is 21.7. The average molecular weight is 546 g/mol. The van der Waals surface area contributed by atoms with Gasteiger partial charge in [0.05, 0.1) is 30.8 Å². The Hall–Kier alpha value is -3.38. The molecular weight excluding hydrogens is 512 g/mol. The molecule has 3 aromatic rings. The molecule has 1 aromatic heterocycles. The number of hydrogen-bond acceptors (Lipinski definition) is 8. The number of halogens is 2. The van der Waals surface area contributed by atoms with E-state index >= 15 is 0 Å². The third-order valence-corrected chi connectivity index (χ3v) is 7.51. The molecule has 1 fully saturated rings. The van der Waals surface area contributed by atoms with E-state index in [0.29, 0.717) is 66.7 Å². The van der Waals surface area contributed by atoms with Crippen molar-refractivity contribution in [1.29, 1.82) is 0 Å². The number of aliphatic hydroxyl groups excluding tert-OH is 2. The Labute approximate surface area is 224 Å². The number of rotatable bonds is 11. The lowest BCUT2D eigenvalue weighted by Gasteiger charge is -2.40. The van der Waals surface area contributed by atoms with Crippen LogP contribution >= 0.6 is 0 Å². The number of fused-ring (bicyclic) bond motifs is 1. The van der Waals surface area contributed by atoms with Gasteiger partial charge in [0.2, 0.25) is 5.91 Å². The number of benzene rings is 2. The molecule has 1 atom stereocenters. The molecule has 4 rings (SSSR count). The third kappa shape index (κ3) is 6.62. The normalized spacial score (nSPS) is 16.2. The van der Waals surface area contributed by atoms with Crippen LogP contribution in [0.5, 0.6) is 11.5 Å². The number of carbonyl (C=O) groups excluding carboxylic acids is 1. The number of amides is 1. The summed E-state index contributed by atoms with van der Waals surface area (Å²) in [7, 11) is 1.54. The Morgan fingerprint density at radius 1 is 1.15 bits per heavy atom. The number of likely N-dealkylation sites (tertiary alicyclic amines) is 1. The van der Waals surface area contributed by atoms with Crippen LogP contribution in [-0.2, 0) is 11.4 Å². The van der Waals surface area contributed by atoms with Crippen molar-refractivity contribution in [2.45, 2.75) is 38.4 Å². The summed E-state index contributed by atoms with van der Waals surface area (Å²) < 4.78 is 37.5. The first-order valence-corrected chi connectivity index (χ1v) is 12.8. The fraction of sp³-hybridized carbons (Fsp3) is 0.429. The van der Waals surface area contributed by atoms with Crippen LogP contribution in [0.2, 0.25) is 0 Å². The molecule has 9 nitrogen and oxygen atoms in total. The molecule has 1 aliphatic rings. The minimum Gasteiger partial charge on any atom is -0.497 e. The standard InChI is InChI=1S/C28H33F2N3O6/c1-38-21-2-3-24-23(15-21)26(18(17-34)16-31-24)25(35)4-5-28(27(36)32-37)6-8-33(9-7-28)10-11-39-22-13-19(29)12-20(30)14-22/h2-3,12-16,25,34-35,37H,4-11,17H2,1H3,(H,32,36)/t25-/m1/s1. The maximum Gasteiger partial charge on any atom is 0.249 e. The van der Waals surface area contributed by atoms with Crippen LogP contribution in [0.25, 0.3) is 10.9 Å². The largest absolute Gasteiger partial charge is 0.497 e. The summed E-state index contributed by atoms with van der Waals surface area (Å²) in [6.45, 7) is 1.45. The highest BCUT2D eigenvalue weighted by Crippen LogP contribution is 2.40. The van der Waals surface area contributed by atoms with Crippen molar-refractivity contribution < 1.29 is 38.5 Å². The first kappa shape index (κ1) is 28.6. The molecule has 2 heterocycles. The van der Waals surface area contributed by atoms with Crippen molar-refractivity contribution in [3.63, 3.8) is 0 Å². The fourth-order valence-electron chi connectivity index (χ4n) is 5.26. The van der Waals surface area contributed by atoms with Gasteiger partial charge in [0.15, 0.2) is 0 Å². The van der Waals surface area contributed by atoms with Crippen molar-refractivity contribution in [1.82, 2.24) is 15.4 Å². The maximum atomic E-state index is 13.4. The minimum atomic E-state index is -0.994. The molecule has 0 aliphatic carbocycles. The van der Waals surface area contributed by atoms with Crippen molar-refractivity contribution in [2.24, 2.45) is 5.41 Å². The molecule has 210 valence electrons. The second kappa shape index (κ2) is 12.6. The van der Waals surface area contributed by atoms with Crippen molar-refractivity contribution in [3.8, 4) is 11.5 Å². The molecule has 11 heteroatoms. The predicted molar refractivity (Wildman–Crippen MR) is 138 cm³/mol. The number of nitrogens with one attached hydrogen (secondary N) is 1. The monoisotopic (exact) mass is 545 g/mol. The number of ether oxygens (including phenoxy) is 2. The Morgan fingerprint density at radius 3 is 2.51 bits per heavy atom. The van der Waals surface area contributed by atoms with E-state index in [9.17, 15) is 29.0 Å². The van der Waals surface area contributed by atoms with E-state index in [1.54, 1.807) is 23.7 Å². The van der Waals surface area contributed by atoms with Crippen LogP contribution in [0.1, 0.15) is 42.9 Å². The first-order valence-electron chi connectivity index (χ1n) is 12.8. The number of pyridine rings is 1. The Balaban J connectivity index is 1.41. The van der Waals surface area contributed by atoms with Crippen LogP contribution in [-0.4, -0.2) is 64.6 Å². The molecule has 0 spiro atoms.